The predicted molar refractivity (Wildman–Crippen MR) is 89.7 cm³/mol. The van der Waals surface area contributed by atoms with Gasteiger partial charge in [-0.2, -0.15) is 0 Å². The maximum atomic E-state index is 10.5. The van der Waals surface area contributed by atoms with E-state index in [1.165, 1.54) is 29.5 Å². The van der Waals surface area contributed by atoms with E-state index in [0.717, 1.165) is 19.5 Å². The zero-order chi connectivity index (χ0) is 14.9. The van der Waals surface area contributed by atoms with Crippen molar-refractivity contribution in [2.45, 2.75) is 31.4 Å². The summed E-state index contributed by atoms with van der Waals surface area (Å²) >= 11 is 0. The number of rotatable bonds is 3. The number of hydrogen-bond donors (Lipinski definition) is 1. The van der Waals surface area contributed by atoms with E-state index in [9.17, 15) is 5.11 Å². The average Bonchev–Trinajstić information content (AvgIpc) is 2.60. The van der Waals surface area contributed by atoms with Gasteiger partial charge in [0.2, 0.25) is 0 Å². The first-order chi connectivity index (χ1) is 10.8. The zero-order valence-electron chi connectivity index (χ0n) is 12.9. The second kappa shape index (κ2) is 5.86. The molecule has 0 aromatic heterocycles. The van der Waals surface area contributed by atoms with Gasteiger partial charge in [-0.25, -0.2) is 0 Å². The molecule has 0 radical (unpaired) electrons. The first-order valence-corrected chi connectivity index (χ1v) is 8.38. The molecule has 3 saturated heterocycles. The first kappa shape index (κ1) is 14.0. The maximum Gasteiger partial charge on any atom is 0.0727 e. The minimum absolute atomic E-state index is 0.142. The molecule has 2 nitrogen and oxygen atoms in total. The van der Waals surface area contributed by atoms with E-state index >= 15 is 0 Å². The number of benzene rings is 2. The Labute approximate surface area is 132 Å². The second-order valence-electron chi connectivity index (χ2n) is 6.70. The number of piperidine rings is 3. The van der Waals surface area contributed by atoms with Crippen LogP contribution in [0.3, 0.4) is 0 Å². The smallest absolute Gasteiger partial charge is 0.0727 e. The fourth-order valence-corrected chi connectivity index (χ4v) is 4.08. The van der Waals surface area contributed by atoms with E-state index < -0.39 is 0 Å². The summed E-state index contributed by atoms with van der Waals surface area (Å²) in [5, 5.41) is 10.5. The van der Waals surface area contributed by atoms with Crippen LogP contribution in [0.4, 0.5) is 0 Å². The number of aliphatic hydroxyl groups is 1. The Morgan fingerprint density at radius 2 is 1.50 bits per heavy atom. The third-order valence-corrected chi connectivity index (χ3v) is 5.43. The molecular formula is C20H23NO. The van der Waals surface area contributed by atoms with Crippen LogP contribution in [0.2, 0.25) is 0 Å². The third kappa shape index (κ3) is 2.57. The Balaban J connectivity index is 1.50. The Bertz CT molecular complexity index is 612. The third-order valence-electron chi connectivity index (χ3n) is 5.43. The molecule has 3 fully saturated rings. The van der Waals surface area contributed by atoms with Crippen LogP contribution in [0.15, 0.2) is 54.6 Å². The summed E-state index contributed by atoms with van der Waals surface area (Å²) in [6.45, 7) is 2.32. The van der Waals surface area contributed by atoms with Gasteiger partial charge in [-0.1, -0.05) is 54.6 Å². The highest BCUT2D eigenvalue weighted by atomic mass is 16.3. The van der Waals surface area contributed by atoms with Gasteiger partial charge in [0.1, 0.15) is 0 Å². The van der Waals surface area contributed by atoms with Gasteiger partial charge >= 0.3 is 0 Å². The van der Waals surface area contributed by atoms with E-state index in [-0.39, 0.29) is 6.10 Å². The summed E-state index contributed by atoms with van der Waals surface area (Å²) < 4.78 is 0. The summed E-state index contributed by atoms with van der Waals surface area (Å²) in [4.78, 5) is 2.48. The van der Waals surface area contributed by atoms with E-state index in [2.05, 4.69) is 53.4 Å². The van der Waals surface area contributed by atoms with Crippen molar-refractivity contribution in [2.24, 2.45) is 5.92 Å². The molecule has 0 amide bonds. The lowest BCUT2D eigenvalue weighted by atomic mass is 9.78. The van der Waals surface area contributed by atoms with Crippen LogP contribution in [0.1, 0.15) is 18.4 Å². The topological polar surface area (TPSA) is 23.5 Å². The number of fused-ring (bicyclic) bond motifs is 3. The van der Waals surface area contributed by atoms with Gasteiger partial charge in [0.15, 0.2) is 0 Å². The summed E-state index contributed by atoms with van der Waals surface area (Å²) in [5.74, 6) is 0.526. The largest absolute Gasteiger partial charge is 0.391 e. The molecular weight excluding hydrogens is 270 g/mol. The zero-order valence-corrected chi connectivity index (χ0v) is 12.9. The molecule has 1 N–H and O–H groups in total. The number of aliphatic hydroxyl groups excluding tert-OH is 1. The lowest BCUT2D eigenvalue weighted by Gasteiger charge is -2.49. The monoisotopic (exact) mass is 293 g/mol. The highest BCUT2D eigenvalue weighted by Gasteiger charge is 2.40. The van der Waals surface area contributed by atoms with E-state index in [4.69, 9.17) is 0 Å². The van der Waals surface area contributed by atoms with E-state index in [1.54, 1.807) is 0 Å². The van der Waals surface area contributed by atoms with Crippen LogP contribution in [0.5, 0.6) is 0 Å². The van der Waals surface area contributed by atoms with Gasteiger partial charge in [-0.15, -0.1) is 0 Å². The minimum Gasteiger partial charge on any atom is -0.391 e. The molecule has 114 valence electrons. The van der Waals surface area contributed by atoms with Crippen molar-refractivity contribution >= 4 is 0 Å². The van der Waals surface area contributed by atoms with Crippen LogP contribution in [0, 0.1) is 5.92 Å². The van der Waals surface area contributed by atoms with Gasteiger partial charge in [0, 0.05) is 6.04 Å². The molecule has 2 bridgehead atoms. The van der Waals surface area contributed by atoms with Crippen molar-refractivity contribution in [3.8, 4) is 11.1 Å². The maximum absolute atomic E-state index is 10.5. The highest BCUT2D eigenvalue weighted by Crippen LogP contribution is 2.34. The molecule has 2 aromatic carbocycles. The Kier molecular flexibility index (Phi) is 3.73. The molecule has 0 aliphatic carbocycles. The number of nitrogens with zero attached hydrogens (tertiary/aromatic N) is 1. The normalized spacial score (nSPS) is 30.4. The van der Waals surface area contributed by atoms with Gasteiger partial charge in [-0.05, 0) is 55.0 Å². The quantitative estimate of drug-likeness (QED) is 0.938. The van der Waals surface area contributed by atoms with Crippen LogP contribution in [-0.2, 0) is 6.42 Å². The summed E-state index contributed by atoms with van der Waals surface area (Å²) in [5.41, 5.74) is 3.85. The molecule has 3 aliphatic heterocycles. The second-order valence-corrected chi connectivity index (χ2v) is 6.70. The Morgan fingerprint density at radius 1 is 0.864 bits per heavy atom. The van der Waals surface area contributed by atoms with E-state index in [0.29, 0.717) is 12.0 Å². The van der Waals surface area contributed by atoms with Crippen molar-refractivity contribution in [1.82, 2.24) is 4.90 Å². The molecule has 2 aromatic rings. The van der Waals surface area contributed by atoms with Crippen molar-refractivity contribution in [1.29, 1.82) is 0 Å². The number of hydrogen-bond acceptors (Lipinski definition) is 2. The molecule has 22 heavy (non-hydrogen) atoms. The lowest BCUT2D eigenvalue weighted by Crippen LogP contribution is -2.58. The molecule has 2 heteroatoms. The van der Waals surface area contributed by atoms with Crippen LogP contribution < -0.4 is 0 Å². The van der Waals surface area contributed by atoms with Crippen molar-refractivity contribution in [2.75, 3.05) is 13.1 Å². The predicted octanol–water partition coefficient (Wildman–Crippen LogP) is 3.35. The van der Waals surface area contributed by atoms with Crippen molar-refractivity contribution < 1.29 is 5.11 Å². The molecule has 3 heterocycles. The van der Waals surface area contributed by atoms with Crippen molar-refractivity contribution in [3.05, 3.63) is 60.2 Å². The molecule has 2 atom stereocenters. The standard InChI is InChI=1S/C20H23NO/c22-20-18-10-12-21(13-11-18)19(20)14-15-6-8-17(9-7-15)16-4-2-1-3-5-16/h1-9,18-20,22H,10-14H2. The van der Waals surface area contributed by atoms with Crippen molar-refractivity contribution in [3.63, 3.8) is 0 Å². The van der Waals surface area contributed by atoms with Crippen LogP contribution >= 0.6 is 0 Å². The molecule has 5 rings (SSSR count). The molecule has 0 saturated carbocycles. The average molecular weight is 293 g/mol. The fraction of sp³-hybridized carbons (Fsp3) is 0.400. The van der Waals surface area contributed by atoms with Crippen LogP contribution in [-0.4, -0.2) is 35.2 Å². The van der Waals surface area contributed by atoms with Gasteiger partial charge in [0.25, 0.3) is 0 Å². The summed E-state index contributed by atoms with van der Waals surface area (Å²) in [6, 6.07) is 19.6. The van der Waals surface area contributed by atoms with Crippen LogP contribution in [0.25, 0.3) is 11.1 Å². The molecule has 3 aliphatic rings. The SMILES string of the molecule is OC1C2CCN(CC2)C1Cc1ccc(-c2ccccc2)cc1. The van der Waals surface area contributed by atoms with Gasteiger partial charge in [0.05, 0.1) is 6.10 Å². The van der Waals surface area contributed by atoms with E-state index in [1.807, 2.05) is 6.07 Å². The Hall–Kier alpha value is -1.64. The summed E-state index contributed by atoms with van der Waals surface area (Å²) in [6.07, 6.45) is 3.17. The fourth-order valence-electron chi connectivity index (χ4n) is 4.08. The van der Waals surface area contributed by atoms with Gasteiger partial charge < -0.3 is 5.11 Å². The Morgan fingerprint density at radius 3 is 2.14 bits per heavy atom. The summed E-state index contributed by atoms with van der Waals surface area (Å²) in [7, 11) is 0. The highest BCUT2D eigenvalue weighted by molar-refractivity contribution is 5.63. The molecule has 2 unspecified atom stereocenters. The minimum atomic E-state index is -0.142. The lowest BCUT2D eigenvalue weighted by molar-refractivity contribution is -0.0715. The molecule has 0 spiro atoms. The van der Waals surface area contributed by atoms with Gasteiger partial charge in [-0.3, -0.25) is 4.90 Å². The first-order valence-electron chi connectivity index (χ1n) is 8.38.